The number of ether oxygens (including phenoxy) is 1. The van der Waals surface area contributed by atoms with Gasteiger partial charge in [-0.15, -0.1) is 10.2 Å². The summed E-state index contributed by atoms with van der Waals surface area (Å²) in [5.41, 5.74) is 0.917. The normalized spacial score (nSPS) is 10.6. The van der Waals surface area contributed by atoms with E-state index in [2.05, 4.69) is 15.2 Å². The zero-order chi connectivity index (χ0) is 13.2. The molecule has 3 rings (SSSR count). The molecule has 19 heavy (non-hydrogen) atoms. The minimum Gasteiger partial charge on any atom is -0.481 e. The Labute approximate surface area is 110 Å². The van der Waals surface area contributed by atoms with E-state index in [0.717, 1.165) is 17.3 Å². The molecule has 96 valence electrons. The van der Waals surface area contributed by atoms with Crippen LogP contribution in [0.1, 0.15) is 0 Å². The standard InChI is InChI=1S/C13H13N5O/c1-17-12(10-5-6-14-11(9-10)19-2)15-16-13(17)18-7-3-4-8-18/h3-9H,1-2H3. The maximum atomic E-state index is 5.12. The lowest BCUT2D eigenvalue weighted by Gasteiger charge is -2.05. The molecule has 0 saturated carbocycles. The summed E-state index contributed by atoms with van der Waals surface area (Å²) in [5.74, 6) is 2.09. The third-order valence-corrected chi connectivity index (χ3v) is 2.89. The first-order valence-corrected chi connectivity index (χ1v) is 5.83. The van der Waals surface area contributed by atoms with Crippen molar-refractivity contribution >= 4 is 0 Å². The van der Waals surface area contributed by atoms with Crippen molar-refractivity contribution in [3.63, 3.8) is 0 Å². The Morgan fingerprint density at radius 1 is 1.16 bits per heavy atom. The van der Waals surface area contributed by atoms with E-state index < -0.39 is 0 Å². The molecule has 6 nitrogen and oxygen atoms in total. The van der Waals surface area contributed by atoms with Gasteiger partial charge in [-0.25, -0.2) is 4.98 Å². The molecule has 3 heterocycles. The SMILES string of the molecule is COc1cc(-c2nnc(-n3cccc3)n2C)ccn1. The van der Waals surface area contributed by atoms with Crippen LogP contribution in [0.15, 0.2) is 42.9 Å². The minimum atomic E-state index is 0.558. The van der Waals surface area contributed by atoms with Crippen LogP contribution in [-0.4, -0.2) is 31.4 Å². The summed E-state index contributed by atoms with van der Waals surface area (Å²) in [4.78, 5) is 4.08. The van der Waals surface area contributed by atoms with Crippen molar-refractivity contribution in [1.82, 2.24) is 24.3 Å². The van der Waals surface area contributed by atoms with Gasteiger partial charge in [-0.05, 0) is 18.2 Å². The molecular formula is C13H13N5O. The van der Waals surface area contributed by atoms with Crippen molar-refractivity contribution in [3.8, 4) is 23.2 Å². The van der Waals surface area contributed by atoms with E-state index in [1.165, 1.54) is 0 Å². The summed E-state index contributed by atoms with van der Waals surface area (Å²) in [5, 5.41) is 8.43. The van der Waals surface area contributed by atoms with Crippen LogP contribution in [0.25, 0.3) is 17.3 Å². The number of aromatic nitrogens is 5. The zero-order valence-electron chi connectivity index (χ0n) is 10.7. The van der Waals surface area contributed by atoms with Crippen LogP contribution in [0.3, 0.4) is 0 Å². The van der Waals surface area contributed by atoms with Crippen molar-refractivity contribution in [2.45, 2.75) is 0 Å². The van der Waals surface area contributed by atoms with Gasteiger partial charge in [-0.3, -0.25) is 9.13 Å². The van der Waals surface area contributed by atoms with Crippen LogP contribution in [0.2, 0.25) is 0 Å². The van der Waals surface area contributed by atoms with Gasteiger partial charge in [0.1, 0.15) is 0 Å². The summed E-state index contributed by atoms with van der Waals surface area (Å²) >= 11 is 0. The maximum absolute atomic E-state index is 5.12. The molecule has 6 heteroatoms. The first-order valence-electron chi connectivity index (χ1n) is 5.83. The summed E-state index contributed by atoms with van der Waals surface area (Å²) in [6, 6.07) is 7.61. The molecule has 0 fully saturated rings. The molecule has 3 aromatic heterocycles. The van der Waals surface area contributed by atoms with E-state index in [1.54, 1.807) is 13.3 Å². The fourth-order valence-electron chi connectivity index (χ4n) is 1.93. The molecule has 0 saturated heterocycles. The van der Waals surface area contributed by atoms with Gasteiger partial charge in [0, 0.05) is 37.3 Å². The van der Waals surface area contributed by atoms with E-state index in [9.17, 15) is 0 Å². The van der Waals surface area contributed by atoms with E-state index in [-0.39, 0.29) is 0 Å². The van der Waals surface area contributed by atoms with Gasteiger partial charge < -0.3 is 4.74 Å². The van der Waals surface area contributed by atoms with Gasteiger partial charge in [-0.1, -0.05) is 0 Å². The van der Waals surface area contributed by atoms with Crippen LogP contribution >= 0.6 is 0 Å². The van der Waals surface area contributed by atoms with Gasteiger partial charge >= 0.3 is 0 Å². The van der Waals surface area contributed by atoms with Crippen LogP contribution in [-0.2, 0) is 7.05 Å². The topological polar surface area (TPSA) is 57.8 Å². The summed E-state index contributed by atoms with van der Waals surface area (Å²) < 4.78 is 8.96. The van der Waals surface area contributed by atoms with Crippen molar-refractivity contribution in [2.24, 2.45) is 7.05 Å². The smallest absolute Gasteiger partial charge is 0.235 e. The Kier molecular flexibility index (Phi) is 2.75. The Bertz CT molecular complexity index is 687. The van der Waals surface area contributed by atoms with Crippen LogP contribution < -0.4 is 4.74 Å². The monoisotopic (exact) mass is 255 g/mol. The van der Waals surface area contributed by atoms with Crippen molar-refractivity contribution in [2.75, 3.05) is 7.11 Å². The predicted octanol–water partition coefficient (Wildman–Crippen LogP) is 1.68. The van der Waals surface area contributed by atoms with E-state index in [4.69, 9.17) is 4.74 Å². The van der Waals surface area contributed by atoms with Crippen molar-refractivity contribution in [1.29, 1.82) is 0 Å². The number of pyridine rings is 1. The molecule has 0 N–H and O–H groups in total. The summed E-state index contributed by atoms with van der Waals surface area (Å²) in [7, 11) is 3.52. The van der Waals surface area contributed by atoms with Crippen molar-refractivity contribution < 1.29 is 4.74 Å². The Morgan fingerprint density at radius 3 is 2.68 bits per heavy atom. The van der Waals surface area contributed by atoms with Crippen LogP contribution in [0, 0.1) is 0 Å². The first kappa shape index (κ1) is 11.5. The van der Waals surface area contributed by atoms with E-state index >= 15 is 0 Å². The van der Waals surface area contributed by atoms with Crippen LogP contribution in [0.5, 0.6) is 5.88 Å². The number of hydrogen-bond acceptors (Lipinski definition) is 4. The average molecular weight is 255 g/mol. The number of nitrogens with zero attached hydrogens (tertiary/aromatic N) is 5. The van der Waals surface area contributed by atoms with Gasteiger partial charge in [0.05, 0.1) is 7.11 Å². The highest BCUT2D eigenvalue weighted by Crippen LogP contribution is 2.21. The Morgan fingerprint density at radius 2 is 1.95 bits per heavy atom. The molecule has 0 bridgehead atoms. The zero-order valence-corrected chi connectivity index (χ0v) is 10.7. The molecule has 0 aliphatic heterocycles. The Balaban J connectivity index is 2.07. The average Bonchev–Trinajstić information content (AvgIpc) is 3.08. The van der Waals surface area contributed by atoms with Gasteiger partial charge in [0.25, 0.3) is 0 Å². The number of rotatable bonds is 3. The highest BCUT2D eigenvalue weighted by molar-refractivity contribution is 5.57. The number of hydrogen-bond donors (Lipinski definition) is 0. The predicted molar refractivity (Wildman–Crippen MR) is 70.1 cm³/mol. The van der Waals surface area contributed by atoms with Gasteiger partial charge in [-0.2, -0.15) is 0 Å². The molecule has 3 aromatic rings. The molecule has 0 aliphatic rings. The lowest BCUT2D eigenvalue weighted by Crippen LogP contribution is -2.02. The third-order valence-electron chi connectivity index (χ3n) is 2.89. The second-order valence-electron chi connectivity index (χ2n) is 4.06. The van der Waals surface area contributed by atoms with E-state index in [0.29, 0.717) is 5.88 Å². The second-order valence-corrected chi connectivity index (χ2v) is 4.06. The lowest BCUT2D eigenvalue weighted by atomic mass is 10.2. The molecule has 0 unspecified atom stereocenters. The molecule has 0 aliphatic carbocycles. The summed E-state index contributed by atoms with van der Waals surface area (Å²) in [6.45, 7) is 0. The Hall–Kier alpha value is -2.63. The molecular weight excluding hydrogens is 242 g/mol. The fraction of sp³-hybridized carbons (Fsp3) is 0.154. The largest absolute Gasteiger partial charge is 0.481 e. The molecule has 0 amide bonds. The van der Waals surface area contributed by atoms with Crippen LogP contribution in [0.4, 0.5) is 0 Å². The van der Waals surface area contributed by atoms with Gasteiger partial charge in [0.15, 0.2) is 5.82 Å². The number of methoxy groups -OCH3 is 1. The second kappa shape index (κ2) is 4.56. The molecule has 0 aromatic carbocycles. The third kappa shape index (κ3) is 1.97. The first-order chi connectivity index (χ1) is 9.29. The highest BCUT2D eigenvalue weighted by Gasteiger charge is 2.12. The highest BCUT2D eigenvalue weighted by atomic mass is 16.5. The minimum absolute atomic E-state index is 0.558. The molecule has 0 atom stereocenters. The van der Waals surface area contributed by atoms with Crippen molar-refractivity contribution in [3.05, 3.63) is 42.9 Å². The molecule has 0 radical (unpaired) electrons. The van der Waals surface area contributed by atoms with E-state index in [1.807, 2.05) is 52.8 Å². The quantitative estimate of drug-likeness (QED) is 0.714. The van der Waals surface area contributed by atoms with Gasteiger partial charge in [0.2, 0.25) is 11.8 Å². The maximum Gasteiger partial charge on any atom is 0.235 e. The summed E-state index contributed by atoms with van der Waals surface area (Å²) in [6.07, 6.45) is 5.56. The molecule has 0 spiro atoms. The lowest BCUT2D eigenvalue weighted by molar-refractivity contribution is 0.398. The fourth-order valence-corrected chi connectivity index (χ4v) is 1.93.